The highest BCUT2D eigenvalue weighted by Crippen LogP contribution is 2.59. The number of hydrogen-bond donors (Lipinski definition) is 2. The molecule has 30 heavy (non-hydrogen) atoms. The third-order valence-electron chi connectivity index (χ3n) is 7.27. The summed E-state index contributed by atoms with van der Waals surface area (Å²) in [6.45, 7) is 0. The van der Waals surface area contributed by atoms with Crippen molar-refractivity contribution in [2.24, 2.45) is 23.0 Å². The number of aromatic nitrogens is 2. The van der Waals surface area contributed by atoms with Crippen LogP contribution in [0.4, 0.5) is 8.78 Å². The smallest absolute Gasteiger partial charge is 0.268 e. The van der Waals surface area contributed by atoms with Crippen LogP contribution in [0.2, 0.25) is 0 Å². The minimum Gasteiger partial charge on any atom is -0.364 e. The molecule has 3 saturated carbocycles. The number of carbonyl (C=O) groups is 1. The van der Waals surface area contributed by atoms with Crippen LogP contribution < -0.4 is 11.2 Å². The van der Waals surface area contributed by atoms with Crippen molar-refractivity contribution >= 4 is 16.8 Å². The molecule has 0 saturated heterocycles. The molecule has 5 rings (SSSR count). The number of amides is 1. The number of nitrogens with two attached hydrogens (primary N) is 1. The minimum absolute atomic E-state index is 0.00403. The van der Waals surface area contributed by atoms with Gasteiger partial charge in [-0.05, 0) is 61.8 Å². The number of pyridine rings is 2. The van der Waals surface area contributed by atoms with Crippen molar-refractivity contribution in [1.29, 1.82) is 0 Å². The summed E-state index contributed by atoms with van der Waals surface area (Å²) in [5, 5.41) is 0.238. The second-order valence-electron chi connectivity index (χ2n) is 9.34. The van der Waals surface area contributed by atoms with Crippen LogP contribution in [0.5, 0.6) is 0 Å². The van der Waals surface area contributed by atoms with Gasteiger partial charge in [0, 0.05) is 31.3 Å². The van der Waals surface area contributed by atoms with E-state index < -0.39 is 11.8 Å². The van der Waals surface area contributed by atoms with Crippen molar-refractivity contribution in [3.8, 4) is 0 Å². The molecule has 3 fully saturated rings. The lowest BCUT2D eigenvalue weighted by Crippen LogP contribution is -2.31. The summed E-state index contributed by atoms with van der Waals surface area (Å²) < 4.78 is 26.2. The molecule has 0 aromatic carbocycles. The highest BCUT2D eigenvalue weighted by molar-refractivity contribution is 6.03. The maximum Gasteiger partial charge on any atom is 0.268 e. The van der Waals surface area contributed by atoms with Crippen molar-refractivity contribution in [3.63, 3.8) is 0 Å². The standard InChI is InChI=1S/C14H22F2.C9H7N3O2/c15-14(16)6-3-11(4-7-14)12-2-1-5-13(10-12)8-9-13;10-9(14)8-7-5(1-3-12-8)11-4-2-6(7)13/h11-12H,1-10H2;1-4H,(H2,10,14)(H,11,13)/t12-;/m0./s1. The van der Waals surface area contributed by atoms with Gasteiger partial charge in [0.25, 0.3) is 5.91 Å². The van der Waals surface area contributed by atoms with E-state index in [0.29, 0.717) is 16.8 Å². The van der Waals surface area contributed by atoms with Gasteiger partial charge < -0.3 is 10.7 Å². The van der Waals surface area contributed by atoms with Gasteiger partial charge in [-0.25, -0.2) is 8.78 Å². The molecule has 2 aromatic heterocycles. The normalized spacial score (nSPS) is 24.8. The van der Waals surface area contributed by atoms with E-state index in [2.05, 4.69) is 9.97 Å². The first kappa shape index (κ1) is 20.9. The third kappa shape index (κ3) is 4.55. The number of fused-ring (bicyclic) bond motifs is 1. The molecule has 0 radical (unpaired) electrons. The lowest BCUT2D eigenvalue weighted by molar-refractivity contribution is -0.0559. The molecule has 0 bridgehead atoms. The molecule has 3 N–H and O–H groups in total. The molecule has 0 unspecified atom stereocenters. The fourth-order valence-electron chi connectivity index (χ4n) is 5.38. The average molecular weight is 418 g/mol. The van der Waals surface area contributed by atoms with Crippen molar-refractivity contribution in [2.45, 2.75) is 70.1 Å². The highest BCUT2D eigenvalue weighted by Gasteiger charge is 2.48. The maximum atomic E-state index is 13.1. The molecule has 162 valence electrons. The average Bonchev–Trinajstić information content (AvgIpc) is 3.46. The Balaban J connectivity index is 0.000000147. The topological polar surface area (TPSA) is 88.8 Å². The monoisotopic (exact) mass is 417 g/mol. The van der Waals surface area contributed by atoms with Crippen LogP contribution in [-0.2, 0) is 0 Å². The van der Waals surface area contributed by atoms with E-state index in [0.717, 1.165) is 18.8 Å². The maximum absolute atomic E-state index is 13.1. The Morgan fingerprint density at radius 3 is 2.47 bits per heavy atom. The molecule has 1 spiro atoms. The second kappa shape index (κ2) is 8.08. The number of rotatable bonds is 2. The lowest BCUT2D eigenvalue weighted by atomic mass is 9.68. The number of nitrogens with zero attached hydrogens (tertiary/aromatic N) is 1. The van der Waals surface area contributed by atoms with Crippen molar-refractivity contribution in [1.82, 2.24) is 9.97 Å². The number of halogens is 2. The number of H-pyrrole nitrogens is 1. The summed E-state index contributed by atoms with van der Waals surface area (Å²) in [5.74, 6) is -1.64. The first-order valence-electron chi connectivity index (χ1n) is 10.9. The molecular formula is C23H29F2N3O2. The molecule has 7 heteroatoms. The predicted octanol–water partition coefficient (Wildman–Crippen LogP) is 4.80. The zero-order chi connectivity index (χ0) is 21.4. The van der Waals surface area contributed by atoms with E-state index >= 15 is 0 Å². The Kier molecular flexibility index (Phi) is 5.64. The highest BCUT2D eigenvalue weighted by atomic mass is 19.3. The first-order chi connectivity index (χ1) is 14.3. The van der Waals surface area contributed by atoms with Crippen molar-refractivity contribution in [2.75, 3.05) is 0 Å². The van der Waals surface area contributed by atoms with Crippen LogP contribution in [0.1, 0.15) is 74.7 Å². The van der Waals surface area contributed by atoms with Crippen molar-refractivity contribution < 1.29 is 13.6 Å². The quantitative estimate of drug-likeness (QED) is 0.735. The third-order valence-corrected chi connectivity index (χ3v) is 7.27. The van der Waals surface area contributed by atoms with Gasteiger partial charge >= 0.3 is 0 Å². The molecule has 3 aliphatic carbocycles. The number of aromatic amines is 1. The molecule has 1 amide bonds. The Labute approximate surface area is 174 Å². The van der Waals surface area contributed by atoms with Gasteiger partial charge in [-0.1, -0.05) is 12.8 Å². The Bertz CT molecular complexity index is 969. The summed E-state index contributed by atoms with van der Waals surface area (Å²) in [6, 6.07) is 2.94. The molecular weight excluding hydrogens is 388 g/mol. The zero-order valence-corrected chi connectivity index (χ0v) is 17.1. The molecule has 1 atom stereocenters. The van der Waals surface area contributed by atoms with E-state index in [1.54, 1.807) is 6.07 Å². The van der Waals surface area contributed by atoms with Crippen LogP contribution >= 0.6 is 0 Å². The summed E-state index contributed by atoms with van der Waals surface area (Å²) in [7, 11) is 0. The number of hydrogen-bond acceptors (Lipinski definition) is 3. The molecule has 0 aliphatic heterocycles. The number of alkyl halides is 2. The van der Waals surface area contributed by atoms with Crippen LogP contribution in [-0.4, -0.2) is 21.8 Å². The van der Waals surface area contributed by atoms with Crippen LogP contribution in [0.3, 0.4) is 0 Å². The number of carbonyl (C=O) groups excluding carboxylic acids is 1. The number of nitrogens with one attached hydrogen (secondary N) is 1. The summed E-state index contributed by atoms with van der Waals surface area (Å²) in [6.07, 6.45) is 13.1. The van der Waals surface area contributed by atoms with Gasteiger partial charge in [-0.3, -0.25) is 14.6 Å². The summed E-state index contributed by atoms with van der Waals surface area (Å²) in [4.78, 5) is 29.0. The van der Waals surface area contributed by atoms with Crippen LogP contribution in [0.15, 0.2) is 29.3 Å². The van der Waals surface area contributed by atoms with Crippen LogP contribution in [0.25, 0.3) is 10.9 Å². The fraction of sp³-hybridized carbons (Fsp3) is 0.609. The predicted molar refractivity (Wildman–Crippen MR) is 111 cm³/mol. The zero-order valence-electron chi connectivity index (χ0n) is 17.1. The Hall–Kier alpha value is -2.31. The van der Waals surface area contributed by atoms with E-state index in [1.807, 2.05) is 0 Å². The van der Waals surface area contributed by atoms with Crippen LogP contribution in [0, 0.1) is 17.3 Å². The molecule has 3 aliphatic rings. The molecule has 2 heterocycles. The second-order valence-corrected chi connectivity index (χ2v) is 9.34. The largest absolute Gasteiger partial charge is 0.364 e. The number of primary amides is 1. The van der Waals surface area contributed by atoms with Gasteiger partial charge in [-0.2, -0.15) is 0 Å². The van der Waals surface area contributed by atoms with E-state index in [-0.39, 0.29) is 29.4 Å². The van der Waals surface area contributed by atoms with E-state index in [4.69, 9.17) is 5.73 Å². The lowest BCUT2D eigenvalue weighted by Gasteiger charge is -2.38. The van der Waals surface area contributed by atoms with E-state index in [9.17, 15) is 18.4 Å². The minimum atomic E-state index is -2.34. The fourth-order valence-corrected chi connectivity index (χ4v) is 5.38. The van der Waals surface area contributed by atoms with E-state index in [1.165, 1.54) is 57.0 Å². The van der Waals surface area contributed by atoms with Gasteiger partial charge in [0.2, 0.25) is 5.92 Å². The van der Waals surface area contributed by atoms with Gasteiger partial charge in [0.15, 0.2) is 5.43 Å². The SMILES string of the molecule is FC1(F)CCC([C@H]2CCCC3(CC3)C2)CC1.NC(=O)c1nccc2[nH]ccc(=O)c12. The van der Waals surface area contributed by atoms with Crippen molar-refractivity contribution in [3.05, 3.63) is 40.4 Å². The van der Waals surface area contributed by atoms with Gasteiger partial charge in [0.05, 0.1) is 10.9 Å². The Morgan fingerprint density at radius 2 is 1.80 bits per heavy atom. The summed E-state index contributed by atoms with van der Waals surface area (Å²) >= 11 is 0. The van der Waals surface area contributed by atoms with Gasteiger partial charge in [0.1, 0.15) is 5.69 Å². The molecule has 5 nitrogen and oxygen atoms in total. The summed E-state index contributed by atoms with van der Waals surface area (Å²) in [5.41, 5.74) is 6.09. The molecule has 2 aromatic rings. The Morgan fingerprint density at radius 1 is 1.07 bits per heavy atom. The first-order valence-corrected chi connectivity index (χ1v) is 10.9. The van der Waals surface area contributed by atoms with Gasteiger partial charge in [-0.15, -0.1) is 0 Å².